The summed E-state index contributed by atoms with van der Waals surface area (Å²) < 4.78 is 4.98. The lowest BCUT2D eigenvalue weighted by atomic mass is 10.1. The summed E-state index contributed by atoms with van der Waals surface area (Å²) in [5, 5.41) is 33.6. The summed E-state index contributed by atoms with van der Waals surface area (Å²) in [7, 11) is 1.28. The van der Waals surface area contributed by atoms with E-state index in [0.29, 0.717) is 26.3 Å². The number of hydrogen-bond acceptors (Lipinski definition) is 7. The maximum atomic E-state index is 11.2. The molecule has 0 fully saturated rings. The number of methoxy groups -OCH3 is 1. The normalized spacial score (nSPS) is 11.2. The molecule has 0 bridgehead atoms. The lowest BCUT2D eigenvalue weighted by Gasteiger charge is -2.05. The number of phenolic OH excluding ortho intramolecular Hbond substituents is 1. The van der Waals surface area contributed by atoms with E-state index in [1.165, 1.54) is 30.6 Å². The van der Waals surface area contributed by atoms with Gasteiger partial charge in [-0.25, -0.2) is 4.98 Å². The van der Waals surface area contributed by atoms with Crippen LogP contribution in [0.4, 0.5) is 5.69 Å². The molecule has 3 aromatic rings. The Morgan fingerprint density at radius 3 is 2.72 bits per heavy atom. The lowest BCUT2D eigenvalue weighted by Crippen LogP contribution is -1.93. The number of hydrogen-bond donors (Lipinski definition) is 1. The van der Waals surface area contributed by atoms with Crippen molar-refractivity contribution < 1.29 is 14.8 Å². The zero-order valence-corrected chi connectivity index (χ0v) is 17.0. The summed E-state index contributed by atoms with van der Waals surface area (Å²) >= 11 is 13.2. The average Bonchev–Trinajstić information content (AvgIpc) is 3.18. The first-order valence-corrected chi connectivity index (χ1v) is 9.56. The molecule has 0 spiro atoms. The number of nitro benzene ring substituents is 1. The molecule has 0 aliphatic carbocycles. The number of nitrogens with zero attached hydrogens (tertiary/aromatic N) is 3. The van der Waals surface area contributed by atoms with Gasteiger partial charge in [0.05, 0.1) is 33.3 Å². The van der Waals surface area contributed by atoms with Crippen LogP contribution in [0.2, 0.25) is 10.0 Å². The standard InChI is InChI=1S/C19H11Cl2N3O4S/c1-28-17-6-10(5-16(18(17)25)24(26)27)4-12(8-22)19-23-15(9-29-19)11-2-3-13(20)14(21)7-11/h2-7,9,25H,1H3/b12-4+. The third kappa shape index (κ3) is 4.32. The van der Waals surface area contributed by atoms with Crippen LogP contribution in [-0.2, 0) is 0 Å². The van der Waals surface area contributed by atoms with Crippen LogP contribution in [0.5, 0.6) is 11.5 Å². The molecule has 3 rings (SSSR count). The van der Waals surface area contributed by atoms with Gasteiger partial charge in [0.1, 0.15) is 11.1 Å². The third-order valence-corrected chi connectivity index (χ3v) is 5.49. The summed E-state index contributed by atoms with van der Waals surface area (Å²) in [5.74, 6) is -0.650. The van der Waals surface area contributed by atoms with Crippen molar-refractivity contribution in [1.82, 2.24) is 4.98 Å². The SMILES string of the molecule is COc1cc(/C=C(\C#N)c2nc(-c3ccc(Cl)c(Cl)c3)cs2)cc([N+](=O)[O-])c1O. The monoisotopic (exact) mass is 447 g/mol. The Labute approximate surface area is 179 Å². The Morgan fingerprint density at radius 1 is 1.34 bits per heavy atom. The molecular formula is C19H11Cl2N3O4S. The van der Waals surface area contributed by atoms with Gasteiger partial charge in [0.15, 0.2) is 5.75 Å². The van der Waals surface area contributed by atoms with Crippen LogP contribution >= 0.6 is 34.5 Å². The number of allylic oxidation sites excluding steroid dienone is 1. The number of phenols is 1. The van der Waals surface area contributed by atoms with E-state index >= 15 is 0 Å². The van der Waals surface area contributed by atoms with Gasteiger partial charge in [-0.1, -0.05) is 29.3 Å². The number of rotatable bonds is 5. The maximum absolute atomic E-state index is 11.2. The highest BCUT2D eigenvalue weighted by Gasteiger charge is 2.20. The molecular weight excluding hydrogens is 437 g/mol. The van der Waals surface area contributed by atoms with Crippen LogP contribution in [0.25, 0.3) is 22.9 Å². The molecule has 29 heavy (non-hydrogen) atoms. The molecule has 146 valence electrons. The van der Waals surface area contributed by atoms with Gasteiger partial charge in [0.25, 0.3) is 0 Å². The summed E-state index contributed by atoms with van der Waals surface area (Å²) in [6.07, 6.45) is 1.44. The van der Waals surface area contributed by atoms with E-state index in [4.69, 9.17) is 27.9 Å². The van der Waals surface area contributed by atoms with Crippen molar-refractivity contribution in [2.24, 2.45) is 0 Å². The van der Waals surface area contributed by atoms with Gasteiger partial charge < -0.3 is 9.84 Å². The zero-order valence-electron chi connectivity index (χ0n) is 14.7. The number of ether oxygens (including phenoxy) is 1. The van der Waals surface area contributed by atoms with Crippen LogP contribution in [0.3, 0.4) is 0 Å². The molecule has 0 saturated carbocycles. The Morgan fingerprint density at radius 2 is 2.10 bits per heavy atom. The van der Waals surface area contributed by atoms with Crippen LogP contribution in [-0.4, -0.2) is 22.1 Å². The van der Waals surface area contributed by atoms with Crippen LogP contribution in [0.1, 0.15) is 10.6 Å². The Balaban J connectivity index is 2.03. The van der Waals surface area contributed by atoms with Crippen molar-refractivity contribution >= 4 is 51.9 Å². The summed E-state index contributed by atoms with van der Waals surface area (Å²) in [6, 6.07) is 9.68. The van der Waals surface area contributed by atoms with Gasteiger partial charge >= 0.3 is 5.69 Å². The first kappa shape index (κ1) is 20.6. The van der Waals surface area contributed by atoms with Gasteiger partial charge in [0.2, 0.25) is 5.75 Å². The molecule has 1 N–H and O–H groups in total. The van der Waals surface area contributed by atoms with Crippen LogP contribution in [0, 0.1) is 21.4 Å². The van der Waals surface area contributed by atoms with E-state index in [1.54, 1.807) is 23.6 Å². The second-order valence-corrected chi connectivity index (χ2v) is 7.36. The fraction of sp³-hybridized carbons (Fsp3) is 0.0526. The van der Waals surface area contributed by atoms with E-state index < -0.39 is 16.4 Å². The number of aromatic nitrogens is 1. The Hall–Kier alpha value is -3.12. The minimum absolute atomic E-state index is 0.0710. The molecule has 10 heteroatoms. The highest BCUT2D eigenvalue weighted by Crippen LogP contribution is 2.38. The molecule has 0 amide bonds. The number of nitriles is 1. The van der Waals surface area contributed by atoms with Gasteiger partial charge in [0, 0.05) is 17.0 Å². The number of benzene rings is 2. The van der Waals surface area contributed by atoms with Gasteiger partial charge in [-0.3, -0.25) is 10.1 Å². The lowest BCUT2D eigenvalue weighted by molar-refractivity contribution is -0.386. The van der Waals surface area contributed by atoms with Crippen molar-refractivity contribution in [2.75, 3.05) is 7.11 Å². The summed E-state index contributed by atoms with van der Waals surface area (Å²) in [5.41, 5.74) is 1.33. The third-order valence-electron chi connectivity index (χ3n) is 3.88. The largest absolute Gasteiger partial charge is 0.500 e. The van der Waals surface area contributed by atoms with E-state index in [-0.39, 0.29) is 11.3 Å². The van der Waals surface area contributed by atoms with E-state index in [2.05, 4.69) is 4.98 Å². The molecule has 1 aromatic heterocycles. The smallest absolute Gasteiger partial charge is 0.315 e. The van der Waals surface area contributed by atoms with Crippen molar-refractivity contribution in [3.05, 3.63) is 66.4 Å². The van der Waals surface area contributed by atoms with E-state index in [0.717, 1.165) is 11.6 Å². The predicted octanol–water partition coefficient (Wildman–Crippen LogP) is 5.80. The first-order chi connectivity index (χ1) is 13.8. The summed E-state index contributed by atoms with van der Waals surface area (Å²) in [4.78, 5) is 14.9. The molecule has 0 aliphatic heterocycles. The summed E-state index contributed by atoms with van der Waals surface area (Å²) in [6.45, 7) is 0. The fourth-order valence-corrected chi connectivity index (χ4v) is 3.58. The number of thiazole rings is 1. The average molecular weight is 448 g/mol. The molecule has 7 nitrogen and oxygen atoms in total. The second kappa shape index (κ2) is 8.49. The minimum Gasteiger partial charge on any atom is -0.500 e. The van der Waals surface area contributed by atoms with Gasteiger partial charge in [-0.2, -0.15) is 5.26 Å². The number of aromatic hydroxyl groups is 1. The predicted molar refractivity (Wildman–Crippen MR) is 112 cm³/mol. The molecule has 1 heterocycles. The highest BCUT2D eigenvalue weighted by atomic mass is 35.5. The zero-order chi connectivity index (χ0) is 21.1. The fourth-order valence-electron chi connectivity index (χ4n) is 2.49. The molecule has 0 aliphatic rings. The van der Waals surface area contributed by atoms with Crippen LogP contribution in [0.15, 0.2) is 35.7 Å². The molecule has 0 atom stereocenters. The number of nitro groups is 1. The van der Waals surface area contributed by atoms with Gasteiger partial charge in [-0.05, 0) is 29.8 Å². The highest BCUT2D eigenvalue weighted by molar-refractivity contribution is 7.11. The minimum atomic E-state index is -0.729. The topological polar surface area (TPSA) is 109 Å². The molecule has 2 aromatic carbocycles. The van der Waals surface area contributed by atoms with E-state index in [1.807, 2.05) is 6.07 Å². The van der Waals surface area contributed by atoms with Crippen molar-refractivity contribution in [3.63, 3.8) is 0 Å². The number of halogens is 2. The maximum Gasteiger partial charge on any atom is 0.315 e. The van der Waals surface area contributed by atoms with Gasteiger partial charge in [-0.15, -0.1) is 11.3 Å². The Bertz CT molecular complexity index is 1180. The van der Waals surface area contributed by atoms with Crippen molar-refractivity contribution in [3.8, 4) is 28.8 Å². The first-order valence-electron chi connectivity index (χ1n) is 7.92. The molecule has 0 radical (unpaired) electrons. The molecule has 0 unspecified atom stereocenters. The van der Waals surface area contributed by atoms with E-state index in [9.17, 15) is 20.5 Å². The van der Waals surface area contributed by atoms with Crippen molar-refractivity contribution in [1.29, 1.82) is 5.26 Å². The van der Waals surface area contributed by atoms with Crippen molar-refractivity contribution in [2.45, 2.75) is 0 Å². The quantitative estimate of drug-likeness (QED) is 0.300. The Kier molecular flexibility index (Phi) is 6.03. The van der Waals surface area contributed by atoms with Crippen LogP contribution < -0.4 is 4.74 Å². The molecule has 0 saturated heterocycles. The second-order valence-electron chi connectivity index (χ2n) is 5.68.